The van der Waals surface area contributed by atoms with Crippen molar-refractivity contribution in [3.63, 3.8) is 0 Å². The molecule has 0 aliphatic rings. The first-order valence-corrected chi connectivity index (χ1v) is 6.43. The van der Waals surface area contributed by atoms with E-state index in [9.17, 15) is 5.11 Å². The Bertz CT molecular complexity index is 489. The van der Waals surface area contributed by atoms with Crippen LogP contribution >= 0.6 is 0 Å². The van der Waals surface area contributed by atoms with Gasteiger partial charge in [0.1, 0.15) is 5.69 Å². The van der Waals surface area contributed by atoms with Gasteiger partial charge in [-0.1, -0.05) is 6.07 Å². The normalized spacial score (nSPS) is 12.4. The van der Waals surface area contributed by atoms with Gasteiger partial charge in [0, 0.05) is 18.9 Å². The minimum Gasteiger partial charge on any atom is -0.493 e. The summed E-state index contributed by atoms with van der Waals surface area (Å²) in [7, 11) is 1.59. The lowest BCUT2D eigenvalue weighted by Crippen LogP contribution is -2.10. The van der Waals surface area contributed by atoms with E-state index in [2.05, 4.69) is 10.1 Å². The summed E-state index contributed by atoms with van der Waals surface area (Å²) in [6, 6.07) is 3.91. The van der Waals surface area contributed by atoms with Crippen LogP contribution in [-0.4, -0.2) is 27.0 Å². The number of hydrogen-bond donors (Lipinski definition) is 1. The van der Waals surface area contributed by atoms with Gasteiger partial charge in [0.05, 0.1) is 19.4 Å². The van der Waals surface area contributed by atoms with Crippen LogP contribution in [0, 0.1) is 0 Å². The van der Waals surface area contributed by atoms with Gasteiger partial charge in [-0.3, -0.25) is 9.67 Å². The van der Waals surface area contributed by atoms with Crippen molar-refractivity contribution in [2.75, 3.05) is 7.11 Å². The van der Waals surface area contributed by atoms with E-state index in [-0.39, 0.29) is 0 Å². The van der Waals surface area contributed by atoms with Crippen LogP contribution in [0.1, 0.15) is 30.7 Å². The fourth-order valence-electron chi connectivity index (χ4n) is 2.11. The number of nitrogens with zero attached hydrogens (tertiary/aromatic N) is 3. The molecule has 0 saturated carbocycles. The van der Waals surface area contributed by atoms with E-state index in [0.717, 1.165) is 17.7 Å². The van der Waals surface area contributed by atoms with E-state index in [1.807, 2.05) is 25.3 Å². The van der Waals surface area contributed by atoms with Gasteiger partial charge in [-0.25, -0.2) is 0 Å². The number of aliphatic hydroxyl groups excluding tert-OH is 1. The topological polar surface area (TPSA) is 60.2 Å². The van der Waals surface area contributed by atoms with Gasteiger partial charge in [-0.05, 0) is 31.4 Å². The molecule has 2 rings (SSSR count). The summed E-state index contributed by atoms with van der Waals surface area (Å²) in [5, 5.41) is 14.5. The second-order valence-electron chi connectivity index (χ2n) is 4.33. The highest BCUT2D eigenvalue weighted by molar-refractivity contribution is 5.27. The Morgan fingerprint density at radius 2 is 2.26 bits per heavy atom. The van der Waals surface area contributed by atoms with Crippen LogP contribution in [0.4, 0.5) is 0 Å². The molecule has 102 valence electrons. The summed E-state index contributed by atoms with van der Waals surface area (Å²) in [4.78, 5) is 4.07. The Kier molecular flexibility index (Phi) is 4.52. The third kappa shape index (κ3) is 3.12. The number of rotatable bonds is 6. The third-order valence-electron chi connectivity index (χ3n) is 3.11. The highest BCUT2D eigenvalue weighted by Crippen LogP contribution is 2.27. The van der Waals surface area contributed by atoms with E-state index in [1.54, 1.807) is 24.2 Å². The molecule has 0 aliphatic carbocycles. The molecular weight excluding hydrogens is 242 g/mol. The molecule has 0 bridgehead atoms. The molecule has 1 unspecified atom stereocenters. The van der Waals surface area contributed by atoms with Crippen LogP contribution in [0.3, 0.4) is 0 Å². The molecule has 2 aromatic heterocycles. The number of methoxy groups -OCH3 is 1. The number of hydrogen-bond acceptors (Lipinski definition) is 4. The van der Waals surface area contributed by atoms with Gasteiger partial charge < -0.3 is 9.84 Å². The Balaban J connectivity index is 2.07. The van der Waals surface area contributed by atoms with E-state index in [4.69, 9.17) is 4.74 Å². The quantitative estimate of drug-likeness (QED) is 0.863. The minimum absolute atomic E-state index is 0.586. The maximum atomic E-state index is 10.3. The average Bonchev–Trinajstić information content (AvgIpc) is 2.89. The van der Waals surface area contributed by atoms with E-state index < -0.39 is 6.10 Å². The fraction of sp³-hybridized carbons (Fsp3) is 0.429. The second-order valence-corrected chi connectivity index (χ2v) is 4.33. The monoisotopic (exact) mass is 261 g/mol. The Morgan fingerprint density at radius 3 is 2.89 bits per heavy atom. The molecule has 1 atom stereocenters. The molecule has 0 radical (unpaired) electrons. The summed E-state index contributed by atoms with van der Waals surface area (Å²) >= 11 is 0. The number of aliphatic hydroxyl groups is 1. The van der Waals surface area contributed by atoms with Crippen LogP contribution in [0.15, 0.2) is 30.7 Å². The molecule has 5 heteroatoms. The van der Waals surface area contributed by atoms with Gasteiger partial charge >= 0.3 is 0 Å². The van der Waals surface area contributed by atoms with Gasteiger partial charge in [0.25, 0.3) is 0 Å². The lowest BCUT2D eigenvalue weighted by Gasteiger charge is -2.14. The van der Waals surface area contributed by atoms with Gasteiger partial charge in [-0.2, -0.15) is 5.10 Å². The van der Waals surface area contributed by atoms with Crippen LogP contribution in [0.25, 0.3) is 0 Å². The number of aryl methyl sites for hydroxylation is 2. The third-order valence-corrected chi connectivity index (χ3v) is 3.11. The summed E-state index contributed by atoms with van der Waals surface area (Å²) < 4.78 is 7.02. The zero-order valence-corrected chi connectivity index (χ0v) is 11.3. The maximum absolute atomic E-state index is 10.3. The van der Waals surface area contributed by atoms with Crippen molar-refractivity contribution >= 4 is 0 Å². The molecule has 1 N–H and O–H groups in total. The summed E-state index contributed by atoms with van der Waals surface area (Å²) in [5.41, 5.74) is 1.86. The van der Waals surface area contributed by atoms with E-state index >= 15 is 0 Å². The maximum Gasteiger partial charge on any atom is 0.162 e. The lowest BCUT2D eigenvalue weighted by molar-refractivity contribution is 0.152. The molecule has 0 amide bonds. The number of pyridine rings is 1. The standard InChI is InChI=1S/C14H19N3O2/c1-3-17-14(13(19-2)10-16-17)12(18)7-6-11-5-4-8-15-9-11/h4-5,8-10,12,18H,3,6-7H2,1-2H3. The van der Waals surface area contributed by atoms with Crippen molar-refractivity contribution < 1.29 is 9.84 Å². The number of aromatic nitrogens is 3. The second kappa shape index (κ2) is 6.33. The van der Waals surface area contributed by atoms with Crippen LogP contribution in [-0.2, 0) is 13.0 Å². The molecule has 2 heterocycles. The van der Waals surface area contributed by atoms with Crippen molar-refractivity contribution in [2.24, 2.45) is 0 Å². The minimum atomic E-state index is -0.586. The van der Waals surface area contributed by atoms with Gasteiger partial charge in [0.15, 0.2) is 5.75 Å². The van der Waals surface area contributed by atoms with Crippen molar-refractivity contribution in [2.45, 2.75) is 32.4 Å². The molecule has 0 saturated heterocycles. The van der Waals surface area contributed by atoms with Crippen LogP contribution in [0.2, 0.25) is 0 Å². The van der Waals surface area contributed by atoms with Crippen molar-refractivity contribution in [1.82, 2.24) is 14.8 Å². The Morgan fingerprint density at radius 1 is 1.42 bits per heavy atom. The first-order valence-electron chi connectivity index (χ1n) is 6.43. The highest BCUT2D eigenvalue weighted by Gasteiger charge is 2.19. The number of ether oxygens (including phenoxy) is 1. The predicted octanol–water partition coefficient (Wildman–Crippen LogP) is 1.97. The molecule has 0 fully saturated rings. The smallest absolute Gasteiger partial charge is 0.162 e. The SMILES string of the molecule is CCn1ncc(OC)c1C(O)CCc1cccnc1. The van der Waals surface area contributed by atoms with Crippen LogP contribution < -0.4 is 4.74 Å². The molecule has 19 heavy (non-hydrogen) atoms. The predicted molar refractivity (Wildman–Crippen MR) is 72.0 cm³/mol. The van der Waals surface area contributed by atoms with E-state index in [0.29, 0.717) is 18.7 Å². The summed E-state index contributed by atoms with van der Waals surface area (Å²) in [5.74, 6) is 0.639. The van der Waals surface area contributed by atoms with E-state index in [1.165, 1.54) is 0 Å². The van der Waals surface area contributed by atoms with Crippen molar-refractivity contribution in [3.8, 4) is 5.75 Å². The Labute approximate surface area is 112 Å². The largest absolute Gasteiger partial charge is 0.493 e. The Hall–Kier alpha value is -1.88. The molecular formula is C14H19N3O2. The summed E-state index contributed by atoms with van der Waals surface area (Å²) in [6.45, 7) is 2.70. The zero-order chi connectivity index (χ0) is 13.7. The fourth-order valence-corrected chi connectivity index (χ4v) is 2.11. The first-order chi connectivity index (χ1) is 9.26. The highest BCUT2D eigenvalue weighted by atomic mass is 16.5. The molecule has 0 spiro atoms. The van der Waals surface area contributed by atoms with Crippen molar-refractivity contribution in [3.05, 3.63) is 42.0 Å². The molecule has 5 nitrogen and oxygen atoms in total. The van der Waals surface area contributed by atoms with Crippen LogP contribution in [0.5, 0.6) is 5.75 Å². The van der Waals surface area contributed by atoms with Gasteiger partial charge in [-0.15, -0.1) is 0 Å². The van der Waals surface area contributed by atoms with Gasteiger partial charge in [0.2, 0.25) is 0 Å². The molecule has 0 aliphatic heterocycles. The first kappa shape index (κ1) is 13.5. The molecule has 0 aromatic carbocycles. The summed E-state index contributed by atoms with van der Waals surface area (Å²) in [6.07, 6.45) is 6.01. The zero-order valence-electron chi connectivity index (χ0n) is 11.3. The van der Waals surface area contributed by atoms with Crippen molar-refractivity contribution in [1.29, 1.82) is 0 Å². The lowest BCUT2D eigenvalue weighted by atomic mass is 10.1. The average molecular weight is 261 g/mol. The molecule has 2 aromatic rings.